The third-order valence-corrected chi connectivity index (χ3v) is 6.49. The molecule has 1 aliphatic rings. The summed E-state index contributed by atoms with van der Waals surface area (Å²) in [5.74, 6) is -0.249. The van der Waals surface area contributed by atoms with Crippen molar-refractivity contribution in [3.8, 4) is 0 Å². The highest BCUT2D eigenvalue weighted by atomic mass is 32.1. The van der Waals surface area contributed by atoms with Crippen LogP contribution in [0.15, 0.2) is 45.7 Å². The molecular weight excluding hydrogens is 424 g/mol. The zero-order valence-electron chi connectivity index (χ0n) is 16.2. The predicted octanol–water partition coefficient (Wildman–Crippen LogP) is 2.78. The summed E-state index contributed by atoms with van der Waals surface area (Å²) in [6, 6.07) is 7.49. The molecule has 2 amide bonds. The minimum absolute atomic E-state index is 0.0981. The smallest absolute Gasteiger partial charge is 0.293 e. The van der Waals surface area contributed by atoms with Gasteiger partial charge >= 0.3 is 0 Å². The highest BCUT2D eigenvalue weighted by molar-refractivity contribution is 7.14. The SMILES string of the molecule is O=C(Cc1csc(NC(=O)c2ccco2)n1)NCC(c1cccs1)N1CCOCC1. The summed E-state index contributed by atoms with van der Waals surface area (Å²) >= 11 is 2.97. The van der Waals surface area contributed by atoms with E-state index in [0.717, 1.165) is 13.1 Å². The second-order valence-electron chi connectivity index (χ2n) is 6.74. The van der Waals surface area contributed by atoms with Gasteiger partial charge in [-0.1, -0.05) is 6.07 Å². The molecule has 8 nitrogen and oxygen atoms in total. The van der Waals surface area contributed by atoms with Crippen LogP contribution >= 0.6 is 22.7 Å². The summed E-state index contributed by atoms with van der Waals surface area (Å²) in [4.78, 5) is 32.4. The number of anilines is 1. The van der Waals surface area contributed by atoms with Crippen molar-refractivity contribution >= 4 is 39.6 Å². The molecule has 0 saturated carbocycles. The molecule has 0 aromatic carbocycles. The minimum atomic E-state index is -0.366. The van der Waals surface area contributed by atoms with E-state index in [9.17, 15) is 9.59 Å². The predicted molar refractivity (Wildman–Crippen MR) is 115 cm³/mol. The zero-order chi connectivity index (χ0) is 20.8. The molecule has 4 heterocycles. The van der Waals surface area contributed by atoms with Gasteiger partial charge in [0.15, 0.2) is 10.9 Å². The Kier molecular flexibility index (Phi) is 6.90. The average Bonchev–Trinajstić information content (AvgIpc) is 3.52. The number of hydrogen-bond donors (Lipinski definition) is 2. The Morgan fingerprint density at radius 2 is 2.07 bits per heavy atom. The topological polar surface area (TPSA) is 96.7 Å². The van der Waals surface area contributed by atoms with Gasteiger partial charge in [-0.25, -0.2) is 4.98 Å². The van der Waals surface area contributed by atoms with E-state index in [1.165, 1.54) is 22.5 Å². The molecular formula is C20H22N4O4S2. The molecule has 0 aliphatic carbocycles. The first-order valence-corrected chi connectivity index (χ1v) is 11.4. The lowest BCUT2D eigenvalue weighted by atomic mass is 10.2. The first-order valence-electron chi connectivity index (χ1n) is 9.60. The number of nitrogens with zero attached hydrogens (tertiary/aromatic N) is 2. The van der Waals surface area contributed by atoms with E-state index in [1.54, 1.807) is 28.8 Å². The number of aromatic nitrogens is 1. The van der Waals surface area contributed by atoms with Gasteiger partial charge in [0.1, 0.15) is 0 Å². The molecule has 1 unspecified atom stereocenters. The average molecular weight is 447 g/mol. The van der Waals surface area contributed by atoms with Gasteiger partial charge in [-0.15, -0.1) is 22.7 Å². The van der Waals surface area contributed by atoms with E-state index in [4.69, 9.17) is 9.15 Å². The van der Waals surface area contributed by atoms with Crippen LogP contribution in [0.2, 0.25) is 0 Å². The van der Waals surface area contributed by atoms with E-state index in [2.05, 4.69) is 32.0 Å². The van der Waals surface area contributed by atoms with Crippen molar-refractivity contribution in [3.05, 3.63) is 57.6 Å². The van der Waals surface area contributed by atoms with Crippen LogP contribution in [0.3, 0.4) is 0 Å². The molecule has 10 heteroatoms. The summed E-state index contributed by atoms with van der Waals surface area (Å²) in [7, 11) is 0. The monoisotopic (exact) mass is 446 g/mol. The molecule has 1 saturated heterocycles. The Balaban J connectivity index is 1.30. The van der Waals surface area contributed by atoms with Crippen molar-refractivity contribution in [1.82, 2.24) is 15.2 Å². The van der Waals surface area contributed by atoms with E-state index in [-0.39, 0.29) is 30.0 Å². The van der Waals surface area contributed by atoms with Crippen LogP contribution in [0.5, 0.6) is 0 Å². The highest BCUT2D eigenvalue weighted by Gasteiger charge is 2.24. The van der Waals surface area contributed by atoms with Gasteiger partial charge in [0.2, 0.25) is 5.91 Å². The van der Waals surface area contributed by atoms with Gasteiger partial charge in [0.25, 0.3) is 5.91 Å². The van der Waals surface area contributed by atoms with Gasteiger partial charge in [-0.05, 0) is 23.6 Å². The fraction of sp³-hybridized carbons (Fsp3) is 0.350. The molecule has 30 heavy (non-hydrogen) atoms. The molecule has 0 spiro atoms. The number of thiazole rings is 1. The quantitative estimate of drug-likeness (QED) is 0.552. The molecule has 0 bridgehead atoms. The Labute approximate surface area is 181 Å². The fourth-order valence-corrected chi connectivity index (χ4v) is 4.80. The maximum Gasteiger partial charge on any atom is 0.293 e. The third kappa shape index (κ3) is 5.33. The summed E-state index contributed by atoms with van der Waals surface area (Å²) in [5, 5.41) is 9.97. The minimum Gasteiger partial charge on any atom is -0.459 e. The van der Waals surface area contributed by atoms with Gasteiger partial charge < -0.3 is 14.5 Å². The van der Waals surface area contributed by atoms with Gasteiger partial charge in [0, 0.05) is 29.9 Å². The second kappa shape index (κ2) is 9.98. The number of nitrogens with one attached hydrogen (secondary N) is 2. The van der Waals surface area contributed by atoms with Crippen molar-refractivity contribution in [2.75, 3.05) is 38.2 Å². The number of rotatable bonds is 8. The number of morpholine rings is 1. The van der Waals surface area contributed by atoms with Crippen LogP contribution in [0, 0.1) is 0 Å². The number of hydrogen-bond acceptors (Lipinski definition) is 8. The van der Waals surface area contributed by atoms with Crippen LogP contribution in [-0.4, -0.2) is 54.5 Å². The Morgan fingerprint density at radius 3 is 2.80 bits per heavy atom. The van der Waals surface area contributed by atoms with E-state index < -0.39 is 0 Å². The first kappa shape index (κ1) is 20.7. The van der Waals surface area contributed by atoms with Crippen molar-refractivity contribution in [2.45, 2.75) is 12.5 Å². The lowest BCUT2D eigenvalue weighted by Crippen LogP contribution is -2.43. The van der Waals surface area contributed by atoms with Crippen LogP contribution in [0.1, 0.15) is 27.2 Å². The number of thiophene rings is 1. The van der Waals surface area contributed by atoms with E-state index in [1.807, 2.05) is 6.07 Å². The third-order valence-electron chi connectivity index (χ3n) is 4.71. The lowest BCUT2D eigenvalue weighted by molar-refractivity contribution is -0.120. The van der Waals surface area contributed by atoms with Crippen LogP contribution in [0.4, 0.5) is 5.13 Å². The molecule has 2 N–H and O–H groups in total. The summed E-state index contributed by atoms with van der Waals surface area (Å²) < 4.78 is 10.5. The van der Waals surface area contributed by atoms with Crippen molar-refractivity contribution in [3.63, 3.8) is 0 Å². The molecule has 3 aromatic heterocycles. The number of carbonyl (C=O) groups is 2. The van der Waals surface area contributed by atoms with E-state index >= 15 is 0 Å². The van der Waals surface area contributed by atoms with Crippen molar-refractivity contribution < 1.29 is 18.7 Å². The van der Waals surface area contributed by atoms with Crippen LogP contribution in [-0.2, 0) is 16.0 Å². The Hall–Kier alpha value is -2.53. The molecule has 158 valence electrons. The summed E-state index contributed by atoms with van der Waals surface area (Å²) in [6.45, 7) is 3.65. The normalized spacial score (nSPS) is 15.6. The number of amides is 2. The number of furan rings is 1. The molecule has 3 aromatic rings. The lowest BCUT2D eigenvalue weighted by Gasteiger charge is -2.34. The van der Waals surface area contributed by atoms with Gasteiger partial charge in [-0.3, -0.25) is 19.8 Å². The van der Waals surface area contributed by atoms with Gasteiger partial charge in [0.05, 0.1) is 37.6 Å². The fourth-order valence-electron chi connectivity index (χ4n) is 3.23. The summed E-state index contributed by atoms with van der Waals surface area (Å²) in [5.41, 5.74) is 0.617. The van der Waals surface area contributed by atoms with Gasteiger partial charge in [-0.2, -0.15) is 0 Å². The van der Waals surface area contributed by atoms with Crippen molar-refractivity contribution in [1.29, 1.82) is 0 Å². The Bertz CT molecular complexity index is 950. The highest BCUT2D eigenvalue weighted by Crippen LogP contribution is 2.25. The van der Waals surface area contributed by atoms with Crippen LogP contribution < -0.4 is 10.6 Å². The van der Waals surface area contributed by atoms with Crippen LogP contribution in [0.25, 0.3) is 0 Å². The number of carbonyl (C=O) groups excluding carboxylic acids is 2. The Morgan fingerprint density at radius 1 is 1.20 bits per heavy atom. The number of ether oxygens (including phenoxy) is 1. The maximum atomic E-state index is 12.5. The van der Waals surface area contributed by atoms with Crippen molar-refractivity contribution in [2.24, 2.45) is 0 Å². The first-order chi connectivity index (χ1) is 14.7. The zero-order valence-corrected chi connectivity index (χ0v) is 17.8. The van der Waals surface area contributed by atoms with E-state index in [0.29, 0.717) is 30.6 Å². The maximum absolute atomic E-state index is 12.5. The molecule has 4 rings (SSSR count). The summed E-state index contributed by atoms with van der Waals surface area (Å²) in [6.07, 6.45) is 1.60. The largest absolute Gasteiger partial charge is 0.459 e. The molecule has 1 aliphatic heterocycles. The molecule has 0 radical (unpaired) electrons. The molecule has 1 fully saturated rings. The molecule has 1 atom stereocenters. The second-order valence-corrected chi connectivity index (χ2v) is 8.57. The standard InChI is InChI=1S/C20H22N4O4S2/c25-18(11-14-13-30-20(22-14)23-19(26)16-3-1-7-28-16)21-12-15(17-4-2-10-29-17)24-5-8-27-9-6-24/h1-4,7,10,13,15H,5-6,8-9,11-12H2,(H,21,25)(H,22,23,26).